The lowest BCUT2D eigenvalue weighted by Crippen LogP contribution is -2.40. The maximum absolute atomic E-state index is 12.2. The second-order valence-electron chi connectivity index (χ2n) is 4.39. The van der Waals surface area contributed by atoms with Gasteiger partial charge in [0.2, 0.25) is 10.0 Å². The van der Waals surface area contributed by atoms with Crippen LogP contribution in [0, 0.1) is 18.3 Å². The Morgan fingerprint density at radius 3 is 2.65 bits per heavy atom. The summed E-state index contributed by atoms with van der Waals surface area (Å²) in [6.07, 6.45) is 0.738. The molecule has 0 radical (unpaired) electrons. The van der Waals surface area contributed by atoms with Gasteiger partial charge in [0.1, 0.15) is 6.04 Å². The van der Waals surface area contributed by atoms with Crippen molar-refractivity contribution in [2.75, 3.05) is 0 Å². The van der Waals surface area contributed by atoms with Gasteiger partial charge in [-0.1, -0.05) is 19.4 Å². The van der Waals surface area contributed by atoms with E-state index in [9.17, 15) is 13.2 Å². The molecule has 0 heterocycles. The van der Waals surface area contributed by atoms with Crippen LogP contribution in [0.15, 0.2) is 23.1 Å². The number of nitrogens with zero attached hydrogens (tertiary/aromatic N) is 1. The van der Waals surface area contributed by atoms with Crippen LogP contribution in [-0.4, -0.2) is 25.5 Å². The molecular weight excluding hydrogens is 280 g/mol. The third-order valence-corrected chi connectivity index (χ3v) is 4.39. The second-order valence-corrected chi connectivity index (χ2v) is 6.08. The molecule has 0 aliphatic rings. The van der Waals surface area contributed by atoms with Crippen LogP contribution < -0.4 is 4.72 Å². The number of aryl methyl sites for hydroxylation is 1. The molecule has 1 aromatic rings. The number of carbonyl (C=O) groups is 1. The van der Waals surface area contributed by atoms with Crippen molar-refractivity contribution >= 4 is 16.0 Å². The van der Waals surface area contributed by atoms with E-state index in [1.807, 2.05) is 6.07 Å². The first kappa shape index (κ1) is 16.1. The summed E-state index contributed by atoms with van der Waals surface area (Å²) >= 11 is 0. The van der Waals surface area contributed by atoms with E-state index in [1.165, 1.54) is 18.2 Å². The molecule has 7 heteroatoms. The Hall–Kier alpha value is -1.91. The first-order chi connectivity index (χ1) is 9.31. The molecule has 1 rings (SSSR count). The third kappa shape index (κ3) is 3.79. The summed E-state index contributed by atoms with van der Waals surface area (Å²) < 4.78 is 26.6. The highest BCUT2D eigenvalue weighted by molar-refractivity contribution is 7.89. The van der Waals surface area contributed by atoms with E-state index in [0.717, 1.165) is 0 Å². The molecule has 0 aromatic heterocycles. The van der Waals surface area contributed by atoms with Crippen molar-refractivity contribution in [2.24, 2.45) is 0 Å². The van der Waals surface area contributed by atoms with Gasteiger partial charge < -0.3 is 5.11 Å². The van der Waals surface area contributed by atoms with Gasteiger partial charge in [0.05, 0.1) is 16.5 Å². The van der Waals surface area contributed by atoms with Gasteiger partial charge in [-0.05, 0) is 31.0 Å². The van der Waals surface area contributed by atoms with Gasteiger partial charge in [-0.2, -0.15) is 9.98 Å². The third-order valence-electron chi connectivity index (χ3n) is 2.78. The maximum atomic E-state index is 12.2. The summed E-state index contributed by atoms with van der Waals surface area (Å²) in [5.41, 5.74) is 0.662. The normalized spacial score (nSPS) is 12.7. The number of carboxylic acids is 1. The predicted octanol–water partition coefficient (Wildman–Crippen LogP) is 1.40. The zero-order valence-corrected chi connectivity index (χ0v) is 12.1. The molecule has 0 unspecified atom stereocenters. The number of hydrogen-bond donors (Lipinski definition) is 2. The van der Waals surface area contributed by atoms with Crippen molar-refractivity contribution in [1.82, 2.24) is 4.72 Å². The number of carboxylic acid groups (broad SMARTS) is 1. The molecule has 0 saturated heterocycles. The van der Waals surface area contributed by atoms with E-state index in [1.54, 1.807) is 13.8 Å². The van der Waals surface area contributed by atoms with E-state index in [-0.39, 0.29) is 16.9 Å². The van der Waals surface area contributed by atoms with Crippen LogP contribution >= 0.6 is 0 Å². The van der Waals surface area contributed by atoms with Gasteiger partial charge in [-0.25, -0.2) is 8.42 Å². The number of aliphatic carboxylic acids is 1. The minimum absolute atomic E-state index is 0.0705. The van der Waals surface area contributed by atoms with E-state index in [0.29, 0.717) is 12.0 Å². The van der Waals surface area contributed by atoms with Crippen LogP contribution in [0.4, 0.5) is 0 Å². The Bertz CT molecular complexity index is 647. The Kier molecular flexibility index (Phi) is 5.25. The van der Waals surface area contributed by atoms with Crippen molar-refractivity contribution in [2.45, 2.75) is 37.6 Å². The van der Waals surface area contributed by atoms with E-state index < -0.39 is 22.0 Å². The first-order valence-corrected chi connectivity index (χ1v) is 7.56. The van der Waals surface area contributed by atoms with Crippen molar-refractivity contribution in [3.05, 3.63) is 29.3 Å². The van der Waals surface area contributed by atoms with Gasteiger partial charge in [0.25, 0.3) is 0 Å². The van der Waals surface area contributed by atoms with Gasteiger partial charge in [-0.15, -0.1) is 0 Å². The van der Waals surface area contributed by atoms with E-state index in [4.69, 9.17) is 10.4 Å². The molecule has 0 fully saturated rings. The van der Waals surface area contributed by atoms with Gasteiger partial charge >= 0.3 is 5.97 Å². The number of hydrogen-bond acceptors (Lipinski definition) is 4. The van der Waals surface area contributed by atoms with Crippen LogP contribution in [0.5, 0.6) is 0 Å². The largest absolute Gasteiger partial charge is 0.480 e. The van der Waals surface area contributed by atoms with Crippen LogP contribution in [0.2, 0.25) is 0 Å². The zero-order chi connectivity index (χ0) is 15.3. The van der Waals surface area contributed by atoms with Crippen molar-refractivity contribution < 1.29 is 18.3 Å². The van der Waals surface area contributed by atoms with Crippen LogP contribution in [0.25, 0.3) is 0 Å². The monoisotopic (exact) mass is 296 g/mol. The lowest BCUT2D eigenvalue weighted by Gasteiger charge is -2.15. The molecule has 1 aromatic carbocycles. The van der Waals surface area contributed by atoms with Gasteiger partial charge in [0, 0.05) is 0 Å². The number of nitriles is 1. The molecular formula is C13H16N2O4S. The molecule has 0 aliphatic heterocycles. The average Bonchev–Trinajstić information content (AvgIpc) is 2.38. The molecule has 6 nitrogen and oxygen atoms in total. The van der Waals surface area contributed by atoms with Crippen LogP contribution in [-0.2, 0) is 14.8 Å². The highest BCUT2D eigenvalue weighted by Crippen LogP contribution is 2.17. The second kappa shape index (κ2) is 6.50. The molecule has 2 N–H and O–H groups in total. The molecule has 0 aliphatic carbocycles. The number of nitrogens with one attached hydrogen (secondary N) is 1. The van der Waals surface area contributed by atoms with Gasteiger partial charge in [0.15, 0.2) is 0 Å². The SMILES string of the molecule is CCC[C@@H](NS(=O)(=O)c1cc(C#N)ccc1C)C(=O)O. The molecule has 0 bridgehead atoms. The Balaban J connectivity index is 3.17. The standard InChI is InChI=1S/C13H16N2O4S/c1-3-4-11(13(16)17)15-20(18,19)12-7-10(8-14)6-5-9(12)2/h5-7,11,15H,3-4H2,1-2H3,(H,16,17)/t11-/m1/s1. The highest BCUT2D eigenvalue weighted by Gasteiger charge is 2.25. The van der Waals surface area contributed by atoms with Crippen molar-refractivity contribution in [3.8, 4) is 6.07 Å². The van der Waals surface area contributed by atoms with Crippen LogP contribution in [0.3, 0.4) is 0 Å². The van der Waals surface area contributed by atoms with Gasteiger partial charge in [-0.3, -0.25) is 4.79 Å². The number of rotatable bonds is 6. The zero-order valence-electron chi connectivity index (χ0n) is 11.3. The van der Waals surface area contributed by atoms with E-state index in [2.05, 4.69) is 4.72 Å². The molecule has 0 spiro atoms. The summed E-state index contributed by atoms with van der Waals surface area (Å²) in [7, 11) is -3.97. The minimum atomic E-state index is -3.97. The summed E-state index contributed by atoms with van der Waals surface area (Å²) in [6, 6.07) is 4.95. The lowest BCUT2D eigenvalue weighted by atomic mass is 10.2. The Morgan fingerprint density at radius 2 is 2.15 bits per heavy atom. The quantitative estimate of drug-likeness (QED) is 0.825. The first-order valence-electron chi connectivity index (χ1n) is 6.07. The molecule has 108 valence electrons. The number of sulfonamides is 1. The molecule has 1 atom stereocenters. The smallest absolute Gasteiger partial charge is 0.321 e. The minimum Gasteiger partial charge on any atom is -0.480 e. The Labute approximate surface area is 118 Å². The molecule has 20 heavy (non-hydrogen) atoms. The predicted molar refractivity (Wildman–Crippen MR) is 72.5 cm³/mol. The molecule has 0 amide bonds. The van der Waals surface area contributed by atoms with Crippen molar-refractivity contribution in [3.63, 3.8) is 0 Å². The fourth-order valence-electron chi connectivity index (χ4n) is 1.73. The molecule has 0 saturated carbocycles. The number of benzene rings is 1. The summed E-state index contributed by atoms with van der Waals surface area (Å²) in [4.78, 5) is 11.0. The Morgan fingerprint density at radius 1 is 1.50 bits per heavy atom. The fourth-order valence-corrected chi connectivity index (χ4v) is 3.23. The van der Waals surface area contributed by atoms with Crippen molar-refractivity contribution in [1.29, 1.82) is 5.26 Å². The average molecular weight is 296 g/mol. The summed E-state index contributed by atoms with van der Waals surface area (Å²) in [5.74, 6) is -1.22. The summed E-state index contributed by atoms with van der Waals surface area (Å²) in [5, 5.41) is 17.8. The highest BCUT2D eigenvalue weighted by atomic mass is 32.2. The summed E-state index contributed by atoms with van der Waals surface area (Å²) in [6.45, 7) is 3.36. The fraction of sp³-hybridized carbons (Fsp3) is 0.385. The lowest BCUT2D eigenvalue weighted by molar-refractivity contribution is -0.139. The maximum Gasteiger partial charge on any atom is 0.321 e. The van der Waals surface area contributed by atoms with Crippen LogP contribution in [0.1, 0.15) is 30.9 Å². The van der Waals surface area contributed by atoms with E-state index >= 15 is 0 Å². The topological polar surface area (TPSA) is 107 Å².